The minimum absolute atomic E-state index is 0.112. The van der Waals surface area contributed by atoms with E-state index in [1.54, 1.807) is 7.11 Å². The van der Waals surface area contributed by atoms with E-state index in [0.717, 1.165) is 6.61 Å². The van der Waals surface area contributed by atoms with Crippen molar-refractivity contribution in [1.29, 1.82) is 0 Å². The average Bonchev–Trinajstić information content (AvgIpc) is 2.18. The predicted octanol–water partition coefficient (Wildman–Crippen LogP) is 2.83. The number of methoxy groups -OCH3 is 1. The SMILES string of the molecule is COCC(C)Sc1ccc(C(C)N)cc1. The van der Waals surface area contributed by atoms with Crippen LogP contribution in [0.1, 0.15) is 25.5 Å². The van der Waals surface area contributed by atoms with Gasteiger partial charge in [0.15, 0.2) is 0 Å². The molecule has 2 atom stereocenters. The van der Waals surface area contributed by atoms with E-state index < -0.39 is 0 Å². The van der Waals surface area contributed by atoms with Crippen LogP contribution in [-0.4, -0.2) is 19.0 Å². The molecule has 1 aromatic rings. The van der Waals surface area contributed by atoms with Crippen molar-refractivity contribution >= 4 is 11.8 Å². The van der Waals surface area contributed by atoms with Gasteiger partial charge in [-0.2, -0.15) is 0 Å². The molecule has 84 valence electrons. The molecule has 0 fully saturated rings. The van der Waals surface area contributed by atoms with E-state index in [0.29, 0.717) is 5.25 Å². The monoisotopic (exact) mass is 225 g/mol. The summed E-state index contributed by atoms with van der Waals surface area (Å²) in [6.07, 6.45) is 0. The Hall–Kier alpha value is -0.510. The average molecular weight is 225 g/mol. The van der Waals surface area contributed by atoms with Crippen molar-refractivity contribution in [2.24, 2.45) is 5.73 Å². The van der Waals surface area contributed by atoms with Gasteiger partial charge in [0.1, 0.15) is 0 Å². The quantitative estimate of drug-likeness (QED) is 0.783. The molecule has 2 nitrogen and oxygen atoms in total. The molecule has 0 aliphatic heterocycles. The van der Waals surface area contributed by atoms with Crippen molar-refractivity contribution in [1.82, 2.24) is 0 Å². The zero-order valence-electron chi connectivity index (χ0n) is 9.57. The second-order valence-corrected chi connectivity index (χ2v) is 5.25. The lowest BCUT2D eigenvalue weighted by Gasteiger charge is -2.11. The lowest BCUT2D eigenvalue weighted by molar-refractivity contribution is 0.203. The van der Waals surface area contributed by atoms with Crippen LogP contribution in [-0.2, 0) is 4.74 Å². The fraction of sp³-hybridized carbons (Fsp3) is 0.500. The maximum Gasteiger partial charge on any atom is 0.0582 e. The first-order valence-corrected chi connectivity index (χ1v) is 6.02. The standard InChI is InChI=1S/C12H19NOS/c1-9(8-14-3)15-12-6-4-11(5-7-12)10(2)13/h4-7,9-10H,8,13H2,1-3H3. The molecule has 0 radical (unpaired) electrons. The third-order valence-electron chi connectivity index (χ3n) is 2.14. The number of nitrogens with two attached hydrogens (primary N) is 1. The zero-order chi connectivity index (χ0) is 11.3. The molecule has 1 aromatic carbocycles. The van der Waals surface area contributed by atoms with E-state index in [1.165, 1.54) is 10.5 Å². The normalized spacial score (nSPS) is 14.9. The highest BCUT2D eigenvalue weighted by Gasteiger charge is 2.04. The number of benzene rings is 1. The summed E-state index contributed by atoms with van der Waals surface area (Å²) in [5.74, 6) is 0. The van der Waals surface area contributed by atoms with Crippen molar-refractivity contribution in [3.8, 4) is 0 Å². The van der Waals surface area contributed by atoms with Gasteiger partial charge in [0.25, 0.3) is 0 Å². The molecule has 0 spiro atoms. The minimum Gasteiger partial charge on any atom is -0.384 e. The second-order valence-electron chi connectivity index (χ2n) is 3.74. The highest BCUT2D eigenvalue weighted by molar-refractivity contribution is 8.00. The number of thioether (sulfide) groups is 1. The van der Waals surface area contributed by atoms with Gasteiger partial charge < -0.3 is 10.5 Å². The molecule has 15 heavy (non-hydrogen) atoms. The molecule has 0 heterocycles. The fourth-order valence-electron chi connectivity index (χ4n) is 1.35. The third-order valence-corrected chi connectivity index (χ3v) is 3.23. The lowest BCUT2D eigenvalue weighted by atomic mass is 10.1. The van der Waals surface area contributed by atoms with Crippen LogP contribution in [0.15, 0.2) is 29.2 Å². The van der Waals surface area contributed by atoms with Crippen LogP contribution in [0.3, 0.4) is 0 Å². The van der Waals surface area contributed by atoms with E-state index >= 15 is 0 Å². The van der Waals surface area contributed by atoms with Crippen molar-refractivity contribution in [2.75, 3.05) is 13.7 Å². The maximum absolute atomic E-state index is 5.79. The van der Waals surface area contributed by atoms with Crippen LogP contribution in [0.5, 0.6) is 0 Å². The third kappa shape index (κ3) is 4.24. The Morgan fingerprint density at radius 2 is 1.87 bits per heavy atom. The summed E-state index contributed by atoms with van der Waals surface area (Å²) in [5.41, 5.74) is 6.97. The van der Waals surface area contributed by atoms with Crippen LogP contribution in [0.4, 0.5) is 0 Å². The highest BCUT2D eigenvalue weighted by atomic mass is 32.2. The Labute approximate surface area is 96.2 Å². The van der Waals surface area contributed by atoms with Crippen LogP contribution >= 0.6 is 11.8 Å². The van der Waals surface area contributed by atoms with Gasteiger partial charge in [-0.3, -0.25) is 0 Å². The topological polar surface area (TPSA) is 35.2 Å². The molecule has 2 unspecified atom stereocenters. The number of hydrogen-bond donors (Lipinski definition) is 1. The van der Waals surface area contributed by atoms with Gasteiger partial charge in [0.05, 0.1) is 6.61 Å². The Morgan fingerprint density at radius 3 is 2.33 bits per heavy atom. The summed E-state index contributed by atoms with van der Waals surface area (Å²) in [6, 6.07) is 8.53. The molecular weight excluding hydrogens is 206 g/mol. The van der Waals surface area contributed by atoms with Crippen molar-refractivity contribution in [3.63, 3.8) is 0 Å². The largest absolute Gasteiger partial charge is 0.384 e. The first-order valence-electron chi connectivity index (χ1n) is 5.14. The fourth-order valence-corrected chi connectivity index (χ4v) is 2.31. The van der Waals surface area contributed by atoms with Crippen molar-refractivity contribution < 1.29 is 4.74 Å². The first kappa shape index (κ1) is 12.6. The summed E-state index contributed by atoms with van der Waals surface area (Å²) in [7, 11) is 1.73. The van der Waals surface area contributed by atoms with E-state index in [1.807, 2.05) is 18.7 Å². The maximum atomic E-state index is 5.79. The van der Waals surface area contributed by atoms with Gasteiger partial charge in [0, 0.05) is 23.3 Å². The Kier molecular flexibility index (Phi) is 5.15. The van der Waals surface area contributed by atoms with Gasteiger partial charge in [-0.05, 0) is 24.6 Å². The molecular formula is C12H19NOS. The molecule has 0 aliphatic rings. The molecule has 0 amide bonds. The van der Waals surface area contributed by atoms with Crippen LogP contribution in [0, 0.1) is 0 Å². The van der Waals surface area contributed by atoms with Gasteiger partial charge in [-0.25, -0.2) is 0 Å². The molecule has 0 aliphatic carbocycles. The van der Waals surface area contributed by atoms with Gasteiger partial charge >= 0.3 is 0 Å². The minimum atomic E-state index is 0.112. The van der Waals surface area contributed by atoms with Crippen molar-refractivity contribution in [2.45, 2.75) is 30.0 Å². The predicted molar refractivity (Wildman–Crippen MR) is 66.2 cm³/mol. The lowest BCUT2D eigenvalue weighted by Crippen LogP contribution is -2.06. The molecule has 0 saturated carbocycles. The van der Waals surface area contributed by atoms with E-state index in [4.69, 9.17) is 10.5 Å². The van der Waals surface area contributed by atoms with Crippen molar-refractivity contribution in [3.05, 3.63) is 29.8 Å². The van der Waals surface area contributed by atoms with Gasteiger partial charge in [-0.15, -0.1) is 11.8 Å². The second kappa shape index (κ2) is 6.16. The Balaban J connectivity index is 2.56. The van der Waals surface area contributed by atoms with E-state index in [9.17, 15) is 0 Å². The van der Waals surface area contributed by atoms with Crippen LogP contribution in [0.2, 0.25) is 0 Å². The molecule has 0 saturated heterocycles. The Bertz CT molecular complexity index is 284. The summed E-state index contributed by atoms with van der Waals surface area (Å²) < 4.78 is 5.10. The zero-order valence-corrected chi connectivity index (χ0v) is 10.4. The number of hydrogen-bond acceptors (Lipinski definition) is 3. The smallest absolute Gasteiger partial charge is 0.0582 e. The van der Waals surface area contributed by atoms with E-state index in [-0.39, 0.29) is 6.04 Å². The number of ether oxygens (including phenoxy) is 1. The van der Waals surface area contributed by atoms with Gasteiger partial charge in [0.2, 0.25) is 0 Å². The molecule has 3 heteroatoms. The Morgan fingerprint density at radius 1 is 1.27 bits per heavy atom. The first-order chi connectivity index (χ1) is 7.13. The van der Waals surface area contributed by atoms with Crippen LogP contribution in [0.25, 0.3) is 0 Å². The summed E-state index contributed by atoms with van der Waals surface area (Å²) in [5, 5.41) is 0.483. The summed E-state index contributed by atoms with van der Waals surface area (Å²) in [4.78, 5) is 1.27. The van der Waals surface area contributed by atoms with E-state index in [2.05, 4.69) is 31.2 Å². The van der Waals surface area contributed by atoms with Gasteiger partial charge in [-0.1, -0.05) is 19.1 Å². The highest BCUT2D eigenvalue weighted by Crippen LogP contribution is 2.24. The molecule has 1 rings (SSSR count). The summed E-state index contributed by atoms with van der Waals surface area (Å²) >= 11 is 1.82. The molecule has 0 bridgehead atoms. The number of rotatable bonds is 5. The summed E-state index contributed by atoms with van der Waals surface area (Å²) in [6.45, 7) is 4.93. The molecule has 0 aromatic heterocycles. The van der Waals surface area contributed by atoms with Crippen LogP contribution < -0.4 is 5.73 Å². The molecule has 2 N–H and O–H groups in total.